The van der Waals surface area contributed by atoms with Gasteiger partial charge < -0.3 is 9.72 Å². The van der Waals surface area contributed by atoms with Gasteiger partial charge in [-0.2, -0.15) is 14.9 Å². The molecule has 0 aliphatic heterocycles. The van der Waals surface area contributed by atoms with E-state index in [2.05, 4.69) is 16.2 Å². The third kappa shape index (κ3) is 2.96. The number of ether oxygens (including phenoxy) is 1. The highest BCUT2D eigenvalue weighted by atomic mass is 16.5. The maximum Gasteiger partial charge on any atom is 0.278 e. The van der Waals surface area contributed by atoms with Gasteiger partial charge in [-0.1, -0.05) is 25.1 Å². The average molecular weight is 356 g/mol. The van der Waals surface area contributed by atoms with Crippen molar-refractivity contribution in [2.24, 2.45) is 0 Å². The first-order valence-electron chi connectivity index (χ1n) is 8.57. The lowest BCUT2D eigenvalue weighted by Crippen LogP contribution is -2.21. The second-order valence-corrected chi connectivity index (χ2v) is 6.01. The van der Waals surface area contributed by atoms with Crippen LogP contribution in [0.3, 0.4) is 0 Å². The molecule has 0 saturated carbocycles. The topological polar surface area (TPSA) is 83.2 Å². The molecule has 2 aromatic carbocycles. The van der Waals surface area contributed by atoms with Gasteiger partial charge in [-0.25, -0.2) is 0 Å². The number of hydrogen-bond acceptors (Lipinski definition) is 4. The van der Waals surface area contributed by atoms with Crippen LogP contribution in [0.15, 0.2) is 65.6 Å². The first-order chi connectivity index (χ1) is 13.2. The van der Waals surface area contributed by atoms with E-state index in [4.69, 9.17) is 4.74 Å². The molecule has 1 N–H and O–H groups in total. The van der Waals surface area contributed by atoms with E-state index in [1.54, 1.807) is 0 Å². The van der Waals surface area contributed by atoms with Gasteiger partial charge in [-0.15, -0.1) is 0 Å². The van der Waals surface area contributed by atoms with Crippen LogP contribution in [-0.4, -0.2) is 14.6 Å². The molecule has 2 aromatic heterocycles. The number of hydrogen-bond donors (Lipinski definition) is 1. The minimum atomic E-state index is -0.215. The molecule has 132 valence electrons. The quantitative estimate of drug-likeness (QED) is 0.601. The SMILES string of the molecule is CCc1c(-c2ccc(Oc3ccccc3)cc2)[nH]c2c(C#N)cnn2c1=O. The summed E-state index contributed by atoms with van der Waals surface area (Å²) < 4.78 is 7.06. The molecule has 0 unspecified atom stereocenters. The molecule has 0 fully saturated rings. The summed E-state index contributed by atoms with van der Waals surface area (Å²) in [6, 6.07) is 19.1. The Kier molecular flexibility index (Phi) is 4.19. The molecule has 0 atom stereocenters. The molecule has 4 aromatic rings. The molecule has 0 bridgehead atoms. The van der Waals surface area contributed by atoms with E-state index < -0.39 is 0 Å². The Morgan fingerprint density at radius 1 is 1.11 bits per heavy atom. The predicted molar refractivity (Wildman–Crippen MR) is 102 cm³/mol. The van der Waals surface area contributed by atoms with Gasteiger partial charge in [0.15, 0.2) is 5.65 Å². The molecule has 0 saturated heterocycles. The second kappa shape index (κ2) is 6.81. The number of aromatic nitrogens is 3. The van der Waals surface area contributed by atoms with Crippen LogP contribution in [0.2, 0.25) is 0 Å². The van der Waals surface area contributed by atoms with E-state index in [9.17, 15) is 10.1 Å². The first kappa shape index (κ1) is 16.6. The number of nitriles is 1. The van der Waals surface area contributed by atoms with Crippen LogP contribution in [0, 0.1) is 11.3 Å². The number of nitrogens with zero attached hydrogens (tertiary/aromatic N) is 3. The number of aromatic amines is 1. The average Bonchev–Trinajstić information content (AvgIpc) is 3.13. The largest absolute Gasteiger partial charge is 0.457 e. The molecular formula is C21H16N4O2. The number of para-hydroxylation sites is 1. The Balaban J connectivity index is 1.77. The summed E-state index contributed by atoms with van der Waals surface area (Å²) in [6.45, 7) is 1.92. The van der Waals surface area contributed by atoms with Gasteiger partial charge in [0.25, 0.3) is 5.56 Å². The molecule has 0 amide bonds. The molecule has 27 heavy (non-hydrogen) atoms. The Hall–Kier alpha value is -3.85. The molecular weight excluding hydrogens is 340 g/mol. The summed E-state index contributed by atoms with van der Waals surface area (Å²) in [5.74, 6) is 1.46. The third-order valence-corrected chi connectivity index (χ3v) is 4.36. The Morgan fingerprint density at radius 2 is 1.81 bits per heavy atom. The van der Waals surface area contributed by atoms with E-state index in [-0.39, 0.29) is 5.56 Å². The zero-order valence-corrected chi connectivity index (χ0v) is 14.6. The third-order valence-electron chi connectivity index (χ3n) is 4.36. The molecule has 0 spiro atoms. The van der Waals surface area contributed by atoms with E-state index in [1.807, 2.05) is 61.5 Å². The normalized spacial score (nSPS) is 10.7. The Bertz CT molecular complexity index is 1200. The van der Waals surface area contributed by atoms with Gasteiger partial charge in [-0.3, -0.25) is 4.79 Å². The van der Waals surface area contributed by atoms with Gasteiger partial charge in [0, 0.05) is 5.56 Å². The Morgan fingerprint density at radius 3 is 2.48 bits per heavy atom. The lowest BCUT2D eigenvalue weighted by atomic mass is 10.0. The van der Waals surface area contributed by atoms with E-state index in [0.717, 1.165) is 11.3 Å². The molecule has 6 nitrogen and oxygen atoms in total. The highest BCUT2D eigenvalue weighted by Gasteiger charge is 2.15. The second-order valence-electron chi connectivity index (χ2n) is 6.01. The molecule has 2 heterocycles. The maximum atomic E-state index is 12.7. The van der Waals surface area contributed by atoms with Crippen molar-refractivity contribution in [3.63, 3.8) is 0 Å². The molecule has 0 aliphatic rings. The number of fused-ring (bicyclic) bond motifs is 1. The van der Waals surface area contributed by atoms with Crippen LogP contribution in [0.5, 0.6) is 11.5 Å². The van der Waals surface area contributed by atoms with Crippen LogP contribution >= 0.6 is 0 Å². The number of nitrogens with one attached hydrogen (secondary N) is 1. The lowest BCUT2D eigenvalue weighted by molar-refractivity contribution is 0.483. The molecule has 0 radical (unpaired) electrons. The standard InChI is InChI=1S/C21H16N4O2/c1-2-18-19(24-20-15(12-22)13-23-25(20)21(18)26)14-8-10-17(11-9-14)27-16-6-4-3-5-7-16/h3-11,13,24H,2H2,1H3. The van der Waals surface area contributed by atoms with Crippen LogP contribution < -0.4 is 10.3 Å². The minimum absolute atomic E-state index is 0.215. The lowest BCUT2D eigenvalue weighted by Gasteiger charge is -2.10. The van der Waals surface area contributed by atoms with Crippen molar-refractivity contribution in [1.29, 1.82) is 5.26 Å². The minimum Gasteiger partial charge on any atom is -0.457 e. The van der Waals surface area contributed by atoms with Gasteiger partial charge in [-0.05, 0) is 48.4 Å². The Labute approximate surface area is 155 Å². The number of H-pyrrole nitrogens is 1. The summed E-state index contributed by atoms with van der Waals surface area (Å²) in [5, 5.41) is 13.3. The molecule has 6 heteroatoms. The highest BCUT2D eigenvalue weighted by Crippen LogP contribution is 2.26. The van der Waals surface area contributed by atoms with Crippen molar-refractivity contribution < 1.29 is 4.74 Å². The first-order valence-corrected chi connectivity index (χ1v) is 8.57. The van der Waals surface area contributed by atoms with Crippen molar-refractivity contribution in [3.8, 4) is 28.8 Å². The van der Waals surface area contributed by atoms with Crippen molar-refractivity contribution in [1.82, 2.24) is 14.6 Å². The predicted octanol–water partition coefficient (Wildman–Crippen LogP) is 3.92. The summed E-state index contributed by atoms with van der Waals surface area (Å²) in [5.41, 5.74) is 2.67. The van der Waals surface area contributed by atoms with Gasteiger partial charge >= 0.3 is 0 Å². The van der Waals surface area contributed by atoms with Crippen molar-refractivity contribution >= 4 is 5.65 Å². The smallest absolute Gasteiger partial charge is 0.278 e. The van der Waals surface area contributed by atoms with Crippen LogP contribution in [0.1, 0.15) is 18.1 Å². The number of rotatable bonds is 4. The van der Waals surface area contributed by atoms with Crippen molar-refractivity contribution in [2.75, 3.05) is 0 Å². The molecule has 0 aliphatic carbocycles. The van der Waals surface area contributed by atoms with Crippen molar-refractivity contribution in [3.05, 3.63) is 82.3 Å². The highest BCUT2D eigenvalue weighted by molar-refractivity contribution is 5.68. The van der Waals surface area contributed by atoms with Crippen molar-refractivity contribution in [2.45, 2.75) is 13.3 Å². The zero-order valence-electron chi connectivity index (χ0n) is 14.6. The fraction of sp³-hybridized carbons (Fsp3) is 0.0952. The van der Waals surface area contributed by atoms with Crippen LogP contribution in [-0.2, 0) is 6.42 Å². The van der Waals surface area contributed by atoms with E-state index >= 15 is 0 Å². The van der Waals surface area contributed by atoms with E-state index in [1.165, 1.54) is 10.7 Å². The van der Waals surface area contributed by atoms with Crippen LogP contribution in [0.4, 0.5) is 0 Å². The van der Waals surface area contributed by atoms with E-state index in [0.29, 0.717) is 34.6 Å². The van der Waals surface area contributed by atoms with Crippen LogP contribution in [0.25, 0.3) is 16.9 Å². The summed E-state index contributed by atoms with van der Waals surface area (Å²) in [7, 11) is 0. The monoisotopic (exact) mass is 356 g/mol. The van der Waals surface area contributed by atoms with Gasteiger partial charge in [0.2, 0.25) is 0 Å². The fourth-order valence-corrected chi connectivity index (χ4v) is 3.02. The zero-order chi connectivity index (χ0) is 18.8. The summed E-state index contributed by atoms with van der Waals surface area (Å²) in [4.78, 5) is 15.9. The van der Waals surface area contributed by atoms with Gasteiger partial charge in [0.1, 0.15) is 23.1 Å². The fourth-order valence-electron chi connectivity index (χ4n) is 3.02. The molecule has 4 rings (SSSR count). The number of benzene rings is 2. The maximum absolute atomic E-state index is 12.7. The summed E-state index contributed by atoms with van der Waals surface area (Å²) in [6.07, 6.45) is 1.94. The van der Waals surface area contributed by atoms with Gasteiger partial charge in [0.05, 0.1) is 11.9 Å². The summed E-state index contributed by atoms with van der Waals surface area (Å²) >= 11 is 0.